The van der Waals surface area contributed by atoms with Crippen LogP contribution in [-0.4, -0.2) is 52.7 Å². The van der Waals surface area contributed by atoms with Gasteiger partial charge >= 0.3 is 0 Å². The number of fused-ring (bicyclic) bond motifs is 1. The fraction of sp³-hybridized carbons (Fsp3) is 0.588. The van der Waals surface area contributed by atoms with E-state index < -0.39 is 0 Å². The summed E-state index contributed by atoms with van der Waals surface area (Å²) in [6.45, 7) is 4.63. The molecule has 2 aromatic rings. The summed E-state index contributed by atoms with van der Waals surface area (Å²) >= 11 is 1.81. The molecule has 0 aromatic carbocycles. The highest BCUT2D eigenvalue weighted by Gasteiger charge is 2.22. The number of nitrogens with one attached hydrogen (secondary N) is 1. The molecule has 2 aliphatic rings. The highest BCUT2D eigenvalue weighted by Crippen LogP contribution is 2.26. The van der Waals surface area contributed by atoms with E-state index in [1.807, 2.05) is 17.4 Å². The highest BCUT2D eigenvalue weighted by molar-refractivity contribution is 7.11. The molecule has 0 amide bonds. The molecule has 8 heteroatoms. The van der Waals surface area contributed by atoms with Crippen LogP contribution < -0.4 is 10.1 Å². The Kier molecular flexibility index (Phi) is 5.09. The molecule has 7 nitrogen and oxygen atoms in total. The number of ether oxygens (including phenoxy) is 2. The maximum absolute atomic E-state index is 5.52. The molecule has 0 unspecified atom stereocenters. The average Bonchev–Trinajstić information content (AvgIpc) is 3.06. The summed E-state index contributed by atoms with van der Waals surface area (Å²) in [5.41, 5.74) is 1.25. The Hall–Kier alpha value is -1.77. The van der Waals surface area contributed by atoms with E-state index in [0.717, 1.165) is 57.9 Å². The molecule has 0 radical (unpaired) electrons. The molecule has 25 heavy (non-hydrogen) atoms. The van der Waals surface area contributed by atoms with Gasteiger partial charge in [-0.1, -0.05) is 0 Å². The van der Waals surface area contributed by atoms with Crippen LogP contribution in [0.25, 0.3) is 0 Å². The van der Waals surface area contributed by atoms with Crippen LogP contribution >= 0.6 is 11.3 Å². The van der Waals surface area contributed by atoms with Crippen molar-refractivity contribution >= 4 is 17.2 Å². The first-order valence-electron chi connectivity index (χ1n) is 8.70. The third-order valence-corrected chi connectivity index (χ3v) is 5.74. The van der Waals surface area contributed by atoms with Crippen molar-refractivity contribution in [3.8, 4) is 5.88 Å². The summed E-state index contributed by atoms with van der Waals surface area (Å²) in [4.78, 5) is 16.9. The van der Waals surface area contributed by atoms with Gasteiger partial charge in [0.05, 0.1) is 37.4 Å². The van der Waals surface area contributed by atoms with Crippen molar-refractivity contribution in [1.82, 2.24) is 19.9 Å². The standard InChI is InChI=1S/C17H23N5O2S/c1-23-16-8-15(18-11-19-16)20-12-2-5-22(6-3-12)9-17-21-13-4-7-24-10-14(13)25-17/h8,11-12H,2-7,9-10H2,1H3,(H,18,19,20). The fourth-order valence-electron chi connectivity index (χ4n) is 3.31. The molecule has 4 heterocycles. The molecule has 0 spiro atoms. The van der Waals surface area contributed by atoms with Gasteiger partial charge in [-0.05, 0) is 12.8 Å². The molecule has 1 fully saturated rings. The van der Waals surface area contributed by atoms with Gasteiger partial charge in [0.1, 0.15) is 17.2 Å². The number of nitrogens with zero attached hydrogens (tertiary/aromatic N) is 4. The van der Waals surface area contributed by atoms with E-state index in [9.17, 15) is 0 Å². The molecule has 2 aliphatic heterocycles. The molecule has 4 rings (SSSR count). The largest absolute Gasteiger partial charge is 0.481 e. The van der Waals surface area contributed by atoms with E-state index in [2.05, 4.69) is 20.2 Å². The van der Waals surface area contributed by atoms with Gasteiger partial charge < -0.3 is 14.8 Å². The van der Waals surface area contributed by atoms with Crippen molar-refractivity contribution in [3.63, 3.8) is 0 Å². The van der Waals surface area contributed by atoms with Gasteiger partial charge in [0.2, 0.25) is 5.88 Å². The van der Waals surface area contributed by atoms with Gasteiger partial charge in [0.25, 0.3) is 0 Å². The number of piperidine rings is 1. The normalized spacial score (nSPS) is 18.8. The number of aromatic nitrogens is 3. The topological polar surface area (TPSA) is 72.4 Å². The predicted molar refractivity (Wildman–Crippen MR) is 96.0 cm³/mol. The lowest BCUT2D eigenvalue weighted by molar-refractivity contribution is 0.112. The number of methoxy groups -OCH3 is 1. The summed E-state index contributed by atoms with van der Waals surface area (Å²) in [6, 6.07) is 2.28. The Morgan fingerprint density at radius 2 is 2.24 bits per heavy atom. The monoisotopic (exact) mass is 361 g/mol. The van der Waals surface area contributed by atoms with Crippen LogP contribution in [0, 0.1) is 0 Å². The third-order valence-electron chi connectivity index (χ3n) is 4.69. The Labute approximate surface area is 151 Å². The minimum atomic E-state index is 0.439. The maximum Gasteiger partial charge on any atom is 0.218 e. The van der Waals surface area contributed by atoms with Crippen molar-refractivity contribution in [1.29, 1.82) is 0 Å². The zero-order chi connectivity index (χ0) is 17.1. The van der Waals surface area contributed by atoms with Crippen LogP contribution in [0.3, 0.4) is 0 Å². The minimum absolute atomic E-state index is 0.439. The average molecular weight is 361 g/mol. The third kappa shape index (κ3) is 4.08. The van der Waals surface area contributed by atoms with E-state index in [4.69, 9.17) is 14.5 Å². The molecule has 0 bridgehead atoms. The van der Waals surface area contributed by atoms with Gasteiger partial charge in [0.15, 0.2) is 0 Å². The van der Waals surface area contributed by atoms with Crippen molar-refractivity contribution in [2.75, 3.05) is 32.1 Å². The Bertz CT molecular complexity index is 691. The second-order valence-electron chi connectivity index (χ2n) is 6.42. The van der Waals surface area contributed by atoms with Crippen LogP contribution in [0.4, 0.5) is 5.82 Å². The maximum atomic E-state index is 5.52. The zero-order valence-corrected chi connectivity index (χ0v) is 15.2. The number of hydrogen-bond donors (Lipinski definition) is 1. The van der Waals surface area contributed by atoms with Crippen molar-refractivity contribution in [3.05, 3.63) is 28.0 Å². The van der Waals surface area contributed by atoms with Crippen LogP contribution in [0.2, 0.25) is 0 Å². The van der Waals surface area contributed by atoms with Crippen molar-refractivity contribution in [2.45, 2.75) is 38.5 Å². The second kappa shape index (κ2) is 7.63. The number of hydrogen-bond acceptors (Lipinski definition) is 8. The SMILES string of the molecule is COc1cc(NC2CCN(Cc3nc4c(s3)COCC4)CC2)ncn1. The van der Waals surface area contributed by atoms with Crippen LogP contribution in [0.15, 0.2) is 12.4 Å². The quantitative estimate of drug-likeness (QED) is 0.874. The Balaban J connectivity index is 1.28. The van der Waals surface area contributed by atoms with Gasteiger partial charge in [-0.3, -0.25) is 4.90 Å². The molecular weight excluding hydrogens is 338 g/mol. The molecule has 1 saturated heterocycles. The Morgan fingerprint density at radius 3 is 3.04 bits per heavy atom. The van der Waals surface area contributed by atoms with E-state index in [1.165, 1.54) is 21.9 Å². The summed E-state index contributed by atoms with van der Waals surface area (Å²) in [6.07, 6.45) is 4.69. The van der Waals surface area contributed by atoms with Crippen LogP contribution in [0.5, 0.6) is 5.88 Å². The second-order valence-corrected chi connectivity index (χ2v) is 7.59. The van der Waals surface area contributed by atoms with E-state index in [1.54, 1.807) is 7.11 Å². The number of anilines is 1. The first-order valence-corrected chi connectivity index (χ1v) is 9.52. The van der Waals surface area contributed by atoms with Gasteiger partial charge in [-0.25, -0.2) is 15.0 Å². The lowest BCUT2D eigenvalue weighted by atomic mass is 10.1. The predicted octanol–water partition coefficient (Wildman–Crippen LogP) is 2.09. The lowest BCUT2D eigenvalue weighted by Gasteiger charge is -2.32. The summed E-state index contributed by atoms with van der Waals surface area (Å²) in [7, 11) is 1.62. The van der Waals surface area contributed by atoms with Crippen molar-refractivity contribution in [2.24, 2.45) is 0 Å². The molecule has 0 aliphatic carbocycles. The van der Waals surface area contributed by atoms with Gasteiger partial charge in [-0.2, -0.15) is 0 Å². The number of rotatable bonds is 5. The van der Waals surface area contributed by atoms with Crippen LogP contribution in [0.1, 0.15) is 28.4 Å². The summed E-state index contributed by atoms with van der Waals surface area (Å²) in [5.74, 6) is 1.42. The smallest absolute Gasteiger partial charge is 0.218 e. The van der Waals surface area contributed by atoms with E-state index in [0.29, 0.717) is 11.9 Å². The van der Waals surface area contributed by atoms with Gasteiger partial charge in [0, 0.05) is 31.6 Å². The van der Waals surface area contributed by atoms with Gasteiger partial charge in [-0.15, -0.1) is 11.3 Å². The van der Waals surface area contributed by atoms with Crippen molar-refractivity contribution < 1.29 is 9.47 Å². The summed E-state index contributed by atoms with van der Waals surface area (Å²) < 4.78 is 10.7. The molecule has 2 aromatic heterocycles. The molecule has 1 N–H and O–H groups in total. The molecule has 0 atom stereocenters. The summed E-state index contributed by atoms with van der Waals surface area (Å²) in [5, 5.41) is 4.72. The van der Waals surface area contributed by atoms with Crippen LogP contribution in [-0.2, 0) is 24.3 Å². The zero-order valence-electron chi connectivity index (χ0n) is 14.4. The molecule has 134 valence electrons. The minimum Gasteiger partial charge on any atom is -0.481 e. The lowest BCUT2D eigenvalue weighted by Crippen LogP contribution is -2.38. The van der Waals surface area contributed by atoms with E-state index >= 15 is 0 Å². The Morgan fingerprint density at radius 1 is 1.36 bits per heavy atom. The fourth-order valence-corrected chi connectivity index (χ4v) is 4.41. The van der Waals surface area contributed by atoms with E-state index in [-0.39, 0.29) is 0 Å². The highest BCUT2D eigenvalue weighted by atomic mass is 32.1. The first kappa shape index (κ1) is 16.7. The number of thiazole rings is 1. The molecule has 0 saturated carbocycles. The number of likely N-dealkylation sites (tertiary alicyclic amines) is 1. The first-order chi connectivity index (χ1) is 12.3. The molecular formula is C17H23N5O2S.